The molecule has 0 atom stereocenters. The minimum atomic E-state index is -0.317. The topological polar surface area (TPSA) is 41.1 Å². The van der Waals surface area contributed by atoms with Gasteiger partial charge in [0.15, 0.2) is 0 Å². The summed E-state index contributed by atoms with van der Waals surface area (Å²) in [6, 6.07) is 5.47. The molecule has 23 heavy (non-hydrogen) atoms. The summed E-state index contributed by atoms with van der Waals surface area (Å²) in [6.07, 6.45) is 7.45. The van der Waals surface area contributed by atoms with E-state index >= 15 is 0 Å². The highest BCUT2D eigenvalue weighted by molar-refractivity contribution is 5.94. The molecule has 1 aromatic rings. The Morgan fingerprint density at radius 3 is 2.48 bits per heavy atom. The summed E-state index contributed by atoms with van der Waals surface area (Å²) in [6.45, 7) is 1.84. The number of amides is 1. The van der Waals surface area contributed by atoms with E-state index in [0.717, 1.165) is 51.6 Å². The lowest BCUT2D eigenvalue weighted by molar-refractivity contribution is 0.0923. The fourth-order valence-corrected chi connectivity index (χ4v) is 3.68. The smallest absolute Gasteiger partial charge is 0.254 e. The van der Waals surface area contributed by atoms with E-state index in [1.54, 1.807) is 6.07 Å². The molecule has 1 aliphatic carbocycles. The summed E-state index contributed by atoms with van der Waals surface area (Å²) < 4.78 is 14.8. The fraction of sp³-hybridized carbons (Fsp3) is 0.611. The molecule has 0 spiro atoms. The van der Waals surface area contributed by atoms with E-state index < -0.39 is 0 Å². The molecular weight excluding hydrogens is 315 g/mol. The van der Waals surface area contributed by atoms with Gasteiger partial charge in [0.1, 0.15) is 5.82 Å². The summed E-state index contributed by atoms with van der Waals surface area (Å²) in [5.74, 6) is -0.341. The van der Waals surface area contributed by atoms with Gasteiger partial charge in [-0.3, -0.25) is 4.79 Å². The Bertz CT molecular complexity index is 526. The fourth-order valence-electron chi connectivity index (χ4n) is 3.68. The highest BCUT2D eigenvalue weighted by Gasteiger charge is 2.24. The molecule has 1 amide bonds. The number of nitrogens with one attached hydrogen (secondary N) is 2. The Balaban J connectivity index is 0.00000192. The normalized spacial score (nSPS) is 19.9. The molecule has 2 aliphatic rings. The molecule has 1 aliphatic heterocycles. The van der Waals surface area contributed by atoms with Crippen molar-refractivity contribution < 1.29 is 9.18 Å². The standard InChI is InChI=1S/C18H25FN2O.ClH/c19-17-15(13-9-11-20-12-10-13)7-4-8-16(17)18(22)21-14-5-2-1-3-6-14;/h4,7-8,13-14,20H,1-3,5-6,9-12H2,(H,21,22);1H. The zero-order chi connectivity index (χ0) is 15.4. The van der Waals surface area contributed by atoms with Crippen molar-refractivity contribution in [1.82, 2.24) is 10.6 Å². The van der Waals surface area contributed by atoms with E-state index in [2.05, 4.69) is 10.6 Å². The Hall–Kier alpha value is -1.13. The molecule has 2 fully saturated rings. The van der Waals surface area contributed by atoms with Crippen LogP contribution in [0.5, 0.6) is 0 Å². The van der Waals surface area contributed by atoms with Crippen LogP contribution in [0.3, 0.4) is 0 Å². The molecule has 3 nitrogen and oxygen atoms in total. The summed E-state index contributed by atoms with van der Waals surface area (Å²) >= 11 is 0. The number of piperidine rings is 1. The van der Waals surface area contributed by atoms with E-state index in [-0.39, 0.29) is 41.7 Å². The lowest BCUT2D eigenvalue weighted by atomic mass is 9.88. The van der Waals surface area contributed by atoms with Gasteiger partial charge >= 0.3 is 0 Å². The maximum Gasteiger partial charge on any atom is 0.254 e. The summed E-state index contributed by atoms with van der Waals surface area (Å²) in [5.41, 5.74) is 0.916. The third-order valence-corrected chi connectivity index (χ3v) is 4.99. The first-order valence-corrected chi connectivity index (χ1v) is 8.55. The number of benzene rings is 1. The van der Waals surface area contributed by atoms with Crippen molar-refractivity contribution in [2.45, 2.75) is 56.9 Å². The van der Waals surface area contributed by atoms with Crippen LogP contribution in [0.2, 0.25) is 0 Å². The molecule has 1 saturated carbocycles. The third-order valence-electron chi connectivity index (χ3n) is 4.99. The molecule has 0 radical (unpaired) electrons. The minimum absolute atomic E-state index is 0. The Labute approximate surface area is 143 Å². The molecule has 0 unspecified atom stereocenters. The van der Waals surface area contributed by atoms with Gasteiger partial charge in [0.05, 0.1) is 5.56 Å². The van der Waals surface area contributed by atoms with Crippen LogP contribution in [0, 0.1) is 5.82 Å². The first-order chi connectivity index (χ1) is 10.8. The van der Waals surface area contributed by atoms with Gasteiger partial charge in [0.2, 0.25) is 0 Å². The Kier molecular flexibility index (Phi) is 6.85. The molecule has 3 rings (SSSR count). The van der Waals surface area contributed by atoms with E-state index in [9.17, 15) is 9.18 Å². The zero-order valence-electron chi connectivity index (χ0n) is 13.4. The van der Waals surface area contributed by atoms with Crippen LogP contribution in [0.25, 0.3) is 0 Å². The summed E-state index contributed by atoms with van der Waals surface area (Å²) in [7, 11) is 0. The summed E-state index contributed by atoms with van der Waals surface area (Å²) in [4.78, 5) is 12.4. The predicted octanol–water partition coefficient (Wildman–Crippen LogP) is 3.78. The average molecular weight is 341 g/mol. The van der Waals surface area contributed by atoms with Gasteiger partial charge in [-0.25, -0.2) is 4.39 Å². The van der Waals surface area contributed by atoms with Crippen molar-refractivity contribution in [2.75, 3.05) is 13.1 Å². The first-order valence-electron chi connectivity index (χ1n) is 8.55. The second-order valence-corrected chi connectivity index (χ2v) is 6.54. The van der Waals surface area contributed by atoms with E-state index in [1.165, 1.54) is 6.42 Å². The van der Waals surface area contributed by atoms with Crippen molar-refractivity contribution in [3.63, 3.8) is 0 Å². The summed E-state index contributed by atoms with van der Waals surface area (Å²) in [5, 5.41) is 6.31. The molecule has 128 valence electrons. The van der Waals surface area contributed by atoms with Crippen LogP contribution in [-0.4, -0.2) is 25.0 Å². The largest absolute Gasteiger partial charge is 0.349 e. The highest BCUT2D eigenvalue weighted by atomic mass is 35.5. The van der Waals surface area contributed by atoms with Gasteiger partial charge < -0.3 is 10.6 Å². The number of hydrogen-bond acceptors (Lipinski definition) is 2. The van der Waals surface area contributed by atoms with E-state index in [0.29, 0.717) is 5.56 Å². The number of rotatable bonds is 3. The van der Waals surface area contributed by atoms with Gasteiger partial charge in [-0.1, -0.05) is 31.4 Å². The van der Waals surface area contributed by atoms with E-state index in [1.807, 2.05) is 12.1 Å². The Morgan fingerprint density at radius 2 is 1.78 bits per heavy atom. The zero-order valence-corrected chi connectivity index (χ0v) is 14.3. The monoisotopic (exact) mass is 340 g/mol. The van der Waals surface area contributed by atoms with Gasteiger partial charge in [-0.2, -0.15) is 0 Å². The average Bonchev–Trinajstić information content (AvgIpc) is 2.56. The maximum atomic E-state index is 14.8. The molecule has 0 bridgehead atoms. The number of halogens is 2. The molecular formula is C18H26ClFN2O. The number of carbonyl (C=O) groups excluding carboxylic acids is 1. The molecule has 1 aromatic carbocycles. The van der Waals surface area contributed by atoms with Crippen LogP contribution in [0.1, 0.15) is 66.8 Å². The second kappa shape index (κ2) is 8.65. The predicted molar refractivity (Wildman–Crippen MR) is 92.8 cm³/mol. The third kappa shape index (κ3) is 4.45. The van der Waals surface area contributed by atoms with Crippen LogP contribution in [-0.2, 0) is 0 Å². The molecule has 2 N–H and O–H groups in total. The van der Waals surface area contributed by atoms with Gasteiger partial charge in [0.25, 0.3) is 5.91 Å². The quantitative estimate of drug-likeness (QED) is 0.879. The number of carbonyl (C=O) groups is 1. The molecule has 1 heterocycles. The van der Waals surface area contributed by atoms with Gasteiger partial charge in [0, 0.05) is 6.04 Å². The van der Waals surface area contributed by atoms with Crippen molar-refractivity contribution in [3.05, 3.63) is 35.1 Å². The van der Waals surface area contributed by atoms with Crippen LogP contribution < -0.4 is 10.6 Å². The molecule has 5 heteroatoms. The van der Waals surface area contributed by atoms with Crippen molar-refractivity contribution in [3.8, 4) is 0 Å². The second-order valence-electron chi connectivity index (χ2n) is 6.54. The van der Waals surface area contributed by atoms with Crippen LogP contribution >= 0.6 is 12.4 Å². The van der Waals surface area contributed by atoms with Crippen molar-refractivity contribution >= 4 is 18.3 Å². The maximum absolute atomic E-state index is 14.8. The highest BCUT2D eigenvalue weighted by Crippen LogP contribution is 2.29. The number of hydrogen-bond donors (Lipinski definition) is 2. The molecule has 1 saturated heterocycles. The van der Waals surface area contributed by atoms with E-state index in [4.69, 9.17) is 0 Å². The van der Waals surface area contributed by atoms with Gasteiger partial charge in [-0.15, -0.1) is 12.4 Å². The van der Waals surface area contributed by atoms with Crippen LogP contribution in [0.4, 0.5) is 4.39 Å². The van der Waals surface area contributed by atoms with Crippen LogP contribution in [0.15, 0.2) is 18.2 Å². The molecule has 0 aromatic heterocycles. The Morgan fingerprint density at radius 1 is 1.09 bits per heavy atom. The van der Waals surface area contributed by atoms with Crippen molar-refractivity contribution in [2.24, 2.45) is 0 Å². The SMILES string of the molecule is Cl.O=C(NC1CCCCC1)c1cccc(C2CCNCC2)c1F. The van der Waals surface area contributed by atoms with Crippen molar-refractivity contribution in [1.29, 1.82) is 0 Å². The lowest BCUT2D eigenvalue weighted by Gasteiger charge is -2.25. The lowest BCUT2D eigenvalue weighted by Crippen LogP contribution is -2.36. The van der Waals surface area contributed by atoms with Gasteiger partial charge in [-0.05, 0) is 56.3 Å². The minimum Gasteiger partial charge on any atom is -0.349 e. The first kappa shape index (κ1) is 18.2.